The highest BCUT2D eigenvalue weighted by molar-refractivity contribution is 7.80. The summed E-state index contributed by atoms with van der Waals surface area (Å²) in [5.41, 5.74) is 10.0. The summed E-state index contributed by atoms with van der Waals surface area (Å²) >= 11 is 4.78. The van der Waals surface area contributed by atoms with Gasteiger partial charge < -0.3 is 20.4 Å². The Bertz CT molecular complexity index is 1080. The molecule has 2 heterocycles. The molecule has 0 aromatic heterocycles. The summed E-state index contributed by atoms with van der Waals surface area (Å²) in [7, 11) is 0. The van der Waals surface area contributed by atoms with Crippen LogP contribution in [0.1, 0.15) is 35.2 Å². The number of hydrogen-bond acceptors (Lipinski definition) is 5. The van der Waals surface area contributed by atoms with Gasteiger partial charge in [-0.1, -0.05) is 12.1 Å². The highest BCUT2D eigenvalue weighted by Gasteiger charge is 2.26. The van der Waals surface area contributed by atoms with E-state index < -0.39 is 5.82 Å². The molecule has 2 aromatic rings. The van der Waals surface area contributed by atoms with Crippen LogP contribution in [0.25, 0.3) is 0 Å². The second-order valence-electron chi connectivity index (χ2n) is 8.40. The molecule has 0 aliphatic carbocycles. The van der Waals surface area contributed by atoms with Crippen LogP contribution in [0.15, 0.2) is 41.5 Å². The van der Waals surface area contributed by atoms with Crippen molar-refractivity contribution in [1.82, 2.24) is 10.3 Å². The molecule has 0 saturated carbocycles. The topological polar surface area (TPSA) is 77.2 Å². The van der Waals surface area contributed by atoms with Crippen molar-refractivity contribution in [3.8, 4) is 0 Å². The molecule has 7 nitrogen and oxygen atoms in total. The SMILES string of the molecule is NC(=S)N/N=C/c1cc(F)c(N2CCN(C(=O)c3ccccc3F)CC2)cc1N1CCCCC1. The van der Waals surface area contributed by atoms with E-state index in [2.05, 4.69) is 15.4 Å². The second kappa shape index (κ2) is 10.8. The fraction of sp³-hybridized carbons (Fsp3) is 0.375. The summed E-state index contributed by atoms with van der Waals surface area (Å²) in [4.78, 5) is 18.5. The smallest absolute Gasteiger partial charge is 0.256 e. The van der Waals surface area contributed by atoms with Crippen LogP contribution in [0.5, 0.6) is 0 Å². The first-order valence-electron chi connectivity index (χ1n) is 11.4. The zero-order valence-electron chi connectivity index (χ0n) is 18.8. The Morgan fingerprint density at radius 1 is 0.941 bits per heavy atom. The number of hydrogen-bond donors (Lipinski definition) is 2. The van der Waals surface area contributed by atoms with Gasteiger partial charge in [0.1, 0.15) is 11.6 Å². The first-order chi connectivity index (χ1) is 16.4. The van der Waals surface area contributed by atoms with E-state index >= 15 is 4.39 Å². The molecule has 0 bridgehead atoms. The molecular formula is C24H28F2N6OS. The van der Waals surface area contributed by atoms with E-state index in [9.17, 15) is 9.18 Å². The number of piperazine rings is 1. The lowest BCUT2D eigenvalue weighted by Gasteiger charge is -2.37. The molecular weight excluding hydrogens is 458 g/mol. The Morgan fingerprint density at radius 3 is 2.29 bits per heavy atom. The maximum atomic E-state index is 15.2. The lowest BCUT2D eigenvalue weighted by atomic mass is 10.1. The van der Waals surface area contributed by atoms with E-state index in [-0.39, 0.29) is 22.4 Å². The zero-order valence-corrected chi connectivity index (χ0v) is 19.7. The van der Waals surface area contributed by atoms with E-state index in [4.69, 9.17) is 18.0 Å². The van der Waals surface area contributed by atoms with Crippen LogP contribution >= 0.6 is 12.2 Å². The molecule has 180 valence electrons. The molecule has 0 atom stereocenters. The monoisotopic (exact) mass is 486 g/mol. The third-order valence-corrected chi connectivity index (χ3v) is 6.27. The third-order valence-electron chi connectivity index (χ3n) is 6.18. The number of halogens is 2. The molecule has 2 aliphatic heterocycles. The van der Waals surface area contributed by atoms with Crippen molar-refractivity contribution in [3.05, 3.63) is 59.2 Å². The zero-order chi connectivity index (χ0) is 24.1. The Balaban J connectivity index is 1.53. The molecule has 0 unspecified atom stereocenters. The van der Waals surface area contributed by atoms with Gasteiger partial charge in [0.2, 0.25) is 0 Å². The van der Waals surface area contributed by atoms with E-state index in [1.165, 1.54) is 30.8 Å². The van der Waals surface area contributed by atoms with E-state index in [0.29, 0.717) is 37.4 Å². The first-order valence-corrected chi connectivity index (χ1v) is 11.8. The summed E-state index contributed by atoms with van der Waals surface area (Å²) in [5.74, 6) is -1.25. The number of carbonyl (C=O) groups excluding carboxylic acids is 1. The lowest BCUT2D eigenvalue weighted by molar-refractivity contribution is 0.0742. The summed E-state index contributed by atoms with van der Waals surface area (Å²) in [6.07, 6.45) is 4.85. The number of nitrogens with zero attached hydrogens (tertiary/aromatic N) is 4. The number of benzene rings is 2. The predicted octanol–water partition coefficient (Wildman–Crippen LogP) is 3.08. The van der Waals surface area contributed by atoms with E-state index in [1.807, 2.05) is 11.0 Å². The molecule has 4 rings (SSSR count). The van der Waals surface area contributed by atoms with Gasteiger partial charge in [0, 0.05) is 50.5 Å². The average Bonchev–Trinajstić information content (AvgIpc) is 2.84. The van der Waals surface area contributed by atoms with Gasteiger partial charge in [0.25, 0.3) is 5.91 Å². The van der Waals surface area contributed by atoms with E-state index in [1.54, 1.807) is 17.0 Å². The summed E-state index contributed by atoms with van der Waals surface area (Å²) in [5, 5.41) is 4.06. The van der Waals surface area contributed by atoms with Gasteiger partial charge >= 0.3 is 0 Å². The minimum absolute atomic E-state index is 0.0377. The van der Waals surface area contributed by atoms with Crippen LogP contribution in [0.3, 0.4) is 0 Å². The summed E-state index contributed by atoms with van der Waals surface area (Å²) < 4.78 is 29.3. The number of anilines is 2. The van der Waals surface area contributed by atoms with Crippen molar-refractivity contribution < 1.29 is 13.6 Å². The van der Waals surface area contributed by atoms with Crippen molar-refractivity contribution in [2.24, 2.45) is 10.8 Å². The number of carbonyl (C=O) groups is 1. The fourth-order valence-electron chi connectivity index (χ4n) is 4.44. The third kappa shape index (κ3) is 5.44. The molecule has 2 fully saturated rings. The van der Waals surface area contributed by atoms with Crippen LogP contribution in [0.4, 0.5) is 20.2 Å². The molecule has 2 aliphatic rings. The summed E-state index contributed by atoms with van der Waals surface area (Å²) in [6, 6.07) is 9.30. The van der Waals surface area contributed by atoms with Crippen molar-refractivity contribution in [3.63, 3.8) is 0 Å². The first kappa shape index (κ1) is 23.9. The normalized spacial score (nSPS) is 16.7. The highest BCUT2D eigenvalue weighted by atomic mass is 32.1. The van der Waals surface area contributed by atoms with Gasteiger partial charge in [0.15, 0.2) is 5.11 Å². The van der Waals surface area contributed by atoms with Crippen LogP contribution < -0.4 is 21.0 Å². The molecule has 0 spiro atoms. The molecule has 2 aromatic carbocycles. The Hall–Kier alpha value is -3.27. The lowest BCUT2D eigenvalue weighted by Crippen LogP contribution is -2.49. The van der Waals surface area contributed by atoms with Gasteiger partial charge in [-0.2, -0.15) is 5.10 Å². The van der Waals surface area contributed by atoms with Crippen molar-refractivity contribution >= 4 is 40.8 Å². The van der Waals surface area contributed by atoms with Gasteiger partial charge in [-0.3, -0.25) is 10.2 Å². The van der Waals surface area contributed by atoms with Crippen LogP contribution in [-0.4, -0.2) is 61.4 Å². The molecule has 3 N–H and O–H groups in total. The molecule has 1 amide bonds. The molecule has 2 saturated heterocycles. The number of nitrogens with one attached hydrogen (secondary N) is 1. The molecule has 34 heavy (non-hydrogen) atoms. The van der Waals surface area contributed by atoms with Gasteiger partial charge in [-0.25, -0.2) is 8.78 Å². The van der Waals surface area contributed by atoms with Crippen LogP contribution in [0.2, 0.25) is 0 Å². The van der Waals surface area contributed by atoms with Crippen molar-refractivity contribution in [1.29, 1.82) is 0 Å². The van der Waals surface area contributed by atoms with Gasteiger partial charge in [-0.15, -0.1) is 0 Å². The second-order valence-corrected chi connectivity index (χ2v) is 8.84. The number of amides is 1. The quantitative estimate of drug-likeness (QED) is 0.384. The van der Waals surface area contributed by atoms with Crippen LogP contribution in [-0.2, 0) is 0 Å². The minimum Gasteiger partial charge on any atom is -0.375 e. The summed E-state index contributed by atoms with van der Waals surface area (Å²) in [6.45, 7) is 3.44. The number of thiocarbonyl (C=S) groups is 1. The van der Waals surface area contributed by atoms with Gasteiger partial charge in [-0.05, 0) is 55.7 Å². The van der Waals surface area contributed by atoms with Crippen molar-refractivity contribution in [2.45, 2.75) is 19.3 Å². The standard InChI is InChI=1S/C24H28F2N6OS/c25-19-7-3-2-6-18(19)23(33)32-12-10-31(11-13-32)22-15-21(30-8-4-1-5-9-30)17(14-20(22)26)16-28-29-24(27)34/h2-3,6-7,14-16H,1,4-5,8-13H2,(H3,27,29,34)/b28-16+. The Labute approximate surface area is 203 Å². The molecule has 0 radical (unpaired) electrons. The number of hydrazone groups is 1. The predicted molar refractivity (Wildman–Crippen MR) is 134 cm³/mol. The maximum absolute atomic E-state index is 15.2. The van der Waals surface area contributed by atoms with E-state index in [0.717, 1.165) is 31.6 Å². The van der Waals surface area contributed by atoms with Gasteiger partial charge in [0.05, 0.1) is 17.5 Å². The van der Waals surface area contributed by atoms with Crippen molar-refractivity contribution in [2.75, 3.05) is 49.1 Å². The Kier molecular flexibility index (Phi) is 7.56. The fourth-order valence-corrected chi connectivity index (χ4v) is 4.49. The number of nitrogens with two attached hydrogens (primary N) is 1. The Morgan fingerprint density at radius 2 is 1.62 bits per heavy atom. The minimum atomic E-state index is -0.533. The largest absolute Gasteiger partial charge is 0.375 e. The number of rotatable bonds is 5. The highest BCUT2D eigenvalue weighted by Crippen LogP contribution is 2.32. The maximum Gasteiger partial charge on any atom is 0.256 e. The molecule has 10 heteroatoms. The van der Waals surface area contributed by atoms with Crippen LogP contribution in [0, 0.1) is 11.6 Å². The number of piperidine rings is 1. The average molecular weight is 487 g/mol.